The zero-order chi connectivity index (χ0) is 27.4. The first-order valence-electron chi connectivity index (χ1n) is 11.3. The van der Waals surface area contributed by atoms with Gasteiger partial charge in [-0.15, -0.1) is 0 Å². The average molecular weight is 507 g/mol. The topological polar surface area (TPSA) is 146 Å². The van der Waals surface area contributed by atoms with Crippen LogP contribution in [0.4, 0.5) is 0 Å². The lowest BCUT2D eigenvalue weighted by Gasteiger charge is -2.20. The Morgan fingerprint density at radius 1 is 0.750 bits per heavy atom. The maximum absolute atomic E-state index is 12.7. The third-order valence-electron chi connectivity index (χ3n) is 4.62. The van der Waals surface area contributed by atoms with Crippen LogP contribution in [0.1, 0.15) is 61.3 Å². The van der Waals surface area contributed by atoms with E-state index in [1.54, 1.807) is 0 Å². The fourth-order valence-electron chi connectivity index (χ4n) is 2.90. The number of carbonyl (C=O) groups excluding carboxylic acids is 4. The highest BCUT2D eigenvalue weighted by Gasteiger charge is 2.25. The van der Waals surface area contributed by atoms with Gasteiger partial charge in [0.15, 0.2) is 0 Å². The second kappa shape index (κ2) is 14.8. The summed E-state index contributed by atoms with van der Waals surface area (Å²) in [6.07, 6.45) is -3.49. The van der Waals surface area contributed by atoms with Gasteiger partial charge in [-0.1, -0.05) is 25.3 Å². The standard InChI is InChI=1S/C26H34O10/c1-15(2)23(29)35-19(11-17(5)27)13-33-25(31)21-9-7-8-10-22(21)26(32)34-14-20(12-18(6)28)36-24(30)16(3)4/h7-10,17-20,27-28H,1,3,11-14H2,2,4-6H3. The van der Waals surface area contributed by atoms with Crippen molar-refractivity contribution in [3.63, 3.8) is 0 Å². The van der Waals surface area contributed by atoms with E-state index < -0.39 is 48.3 Å². The molecule has 4 atom stereocenters. The van der Waals surface area contributed by atoms with Crippen LogP contribution in [0.15, 0.2) is 48.6 Å². The van der Waals surface area contributed by atoms with Crippen LogP contribution in [-0.2, 0) is 28.5 Å². The fourth-order valence-corrected chi connectivity index (χ4v) is 2.90. The van der Waals surface area contributed by atoms with Crippen molar-refractivity contribution in [3.8, 4) is 0 Å². The molecule has 10 nitrogen and oxygen atoms in total. The smallest absolute Gasteiger partial charge is 0.339 e. The summed E-state index contributed by atoms with van der Waals surface area (Å²) < 4.78 is 20.9. The maximum Gasteiger partial charge on any atom is 0.339 e. The minimum atomic E-state index is -0.929. The molecule has 10 heteroatoms. The zero-order valence-corrected chi connectivity index (χ0v) is 21.0. The Hall–Kier alpha value is -3.50. The molecule has 0 aliphatic rings. The summed E-state index contributed by atoms with van der Waals surface area (Å²) in [5, 5.41) is 19.3. The molecule has 2 N–H and O–H groups in total. The number of benzene rings is 1. The van der Waals surface area contributed by atoms with Gasteiger partial charge in [0.05, 0.1) is 23.3 Å². The molecular formula is C26H34O10. The highest BCUT2D eigenvalue weighted by molar-refractivity contribution is 6.03. The number of esters is 4. The van der Waals surface area contributed by atoms with Crippen molar-refractivity contribution in [3.05, 3.63) is 59.7 Å². The van der Waals surface area contributed by atoms with Gasteiger partial charge in [0.25, 0.3) is 0 Å². The van der Waals surface area contributed by atoms with Gasteiger partial charge in [-0.2, -0.15) is 0 Å². The molecule has 0 heterocycles. The van der Waals surface area contributed by atoms with Crippen LogP contribution < -0.4 is 0 Å². The minimum absolute atomic E-state index is 0.0174. The van der Waals surface area contributed by atoms with Gasteiger partial charge in [0.2, 0.25) is 0 Å². The van der Waals surface area contributed by atoms with E-state index in [1.807, 2.05) is 0 Å². The molecule has 1 rings (SSSR count). The molecule has 0 saturated carbocycles. The van der Waals surface area contributed by atoms with Crippen LogP contribution in [0, 0.1) is 0 Å². The van der Waals surface area contributed by atoms with Gasteiger partial charge in [-0.25, -0.2) is 19.2 Å². The van der Waals surface area contributed by atoms with E-state index in [4.69, 9.17) is 18.9 Å². The van der Waals surface area contributed by atoms with Gasteiger partial charge >= 0.3 is 23.9 Å². The van der Waals surface area contributed by atoms with Gasteiger partial charge < -0.3 is 29.2 Å². The lowest BCUT2D eigenvalue weighted by atomic mass is 10.1. The normalized spacial score (nSPS) is 13.9. The molecule has 0 amide bonds. The molecule has 4 unspecified atom stereocenters. The number of rotatable bonds is 14. The van der Waals surface area contributed by atoms with Crippen LogP contribution in [0.2, 0.25) is 0 Å². The predicted octanol–water partition coefficient (Wildman–Crippen LogP) is 2.52. The van der Waals surface area contributed by atoms with Crippen molar-refractivity contribution in [2.75, 3.05) is 13.2 Å². The first-order valence-corrected chi connectivity index (χ1v) is 11.3. The molecule has 0 aliphatic carbocycles. The Morgan fingerprint density at radius 2 is 1.08 bits per heavy atom. The largest absolute Gasteiger partial charge is 0.458 e. The summed E-state index contributed by atoms with van der Waals surface area (Å²) in [5.41, 5.74) is 0.0896. The number of ether oxygens (including phenoxy) is 4. The minimum Gasteiger partial charge on any atom is -0.458 e. The van der Waals surface area contributed by atoms with Gasteiger partial charge in [0.1, 0.15) is 25.4 Å². The molecule has 0 saturated heterocycles. The van der Waals surface area contributed by atoms with Crippen molar-refractivity contribution >= 4 is 23.9 Å². The summed E-state index contributed by atoms with van der Waals surface area (Å²) in [6.45, 7) is 12.2. The maximum atomic E-state index is 12.7. The molecular weight excluding hydrogens is 472 g/mol. The summed E-state index contributed by atoms with van der Waals surface area (Å²) >= 11 is 0. The lowest BCUT2D eigenvalue weighted by Crippen LogP contribution is -2.30. The molecule has 0 bridgehead atoms. The lowest BCUT2D eigenvalue weighted by molar-refractivity contribution is -0.148. The Labute approximate surface area is 210 Å². The van der Waals surface area contributed by atoms with Crippen molar-refractivity contribution in [1.82, 2.24) is 0 Å². The van der Waals surface area contributed by atoms with Crippen LogP contribution in [0.3, 0.4) is 0 Å². The van der Waals surface area contributed by atoms with E-state index in [0.29, 0.717) is 0 Å². The van der Waals surface area contributed by atoms with Crippen molar-refractivity contribution in [1.29, 1.82) is 0 Å². The molecule has 0 radical (unpaired) electrons. The van der Waals surface area contributed by atoms with Crippen molar-refractivity contribution < 1.29 is 48.3 Å². The molecule has 36 heavy (non-hydrogen) atoms. The first-order chi connectivity index (χ1) is 16.8. The second-order valence-electron chi connectivity index (χ2n) is 8.53. The van der Waals surface area contributed by atoms with E-state index in [0.717, 1.165) is 0 Å². The molecule has 198 valence electrons. The number of hydrogen-bond donors (Lipinski definition) is 2. The first kappa shape index (κ1) is 30.5. The van der Waals surface area contributed by atoms with Crippen LogP contribution >= 0.6 is 0 Å². The van der Waals surface area contributed by atoms with E-state index in [2.05, 4.69) is 13.2 Å². The summed E-state index contributed by atoms with van der Waals surface area (Å²) in [7, 11) is 0. The highest BCUT2D eigenvalue weighted by Crippen LogP contribution is 2.15. The number of hydrogen-bond acceptors (Lipinski definition) is 10. The second-order valence-corrected chi connectivity index (χ2v) is 8.53. The monoisotopic (exact) mass is 506 g/mol. The average Bonchev–Trinajstić information content (AvgIpc) is 2.79. The van der Waals surface area contributed by atoms with Crippen molar-refractivity contribution in [2.24, 2.45) is 0 Å². The summed E-state index contributed by atoms with van der Waals surface area (Å²) in [4.78, 5) is 49.1. The van der Waals surface area contributed by atoms with Crippen LogP contribution in [0.25, 0.3) is 0 Å². The van der Waals surface area contributed by atoms with Gasteiger partial charge in [0, 0.05) is 24.0 Å². The SMILES string of the molecule is C=C(C)C(=O)OC(COC(=O)c1ccccc1C(=O)OCC(CC(C)O)OC(=O)C(=C)C)CC(C)O. The molecule has 0 fully saturated rings. The number of aliphatic hydroxyl groups excluding tert-OH is 2. The van der Waals surface area contributed by atoms with Crippen LogP contribution in [-0.4, -0.2) is 71.7 Å². The van der Waals surface area contributed by atoms with Gasteiger partial charge in [-0.3, -0.25) is 0 Å². The van der Waals surface area contributed by atoms with Gasteiger partial charge in [-0.05, 0) is 39.8 Å². The van der Waals surface area contributed by atoms with Crippen molar-refractivity contribution in [2.45, 2.75) is 65.0 Å². The van der Waals surface area contributed by atoms with Crippen LogP contribution in [0.5, 0.6) is 0 Å². The molecule has 0 spiro atoms. The van der Waals surface area contributed by atoms with E-state index in [1.165, 1.54) is 52.0 Å². The zero-order valence-electron chi connectivity index (χ0n) is 21.0. The Morgan fingerprint density at radius 3 is 1.36 bits per heavy atom. The number of aliphatic hydroxyl groups is 2. The van der Waals surface area contributed by atoms with E-state index >= 15 is 0 Å². The molecule has 0 aromatic heterocycles. The summed E-state index contributed by atoms with van der Waals surface area (Å²) in [6, 6.07) is 5.76. The summed E-state index contributed by atoms with van der Waals surface area (Å²) in [5.74, 6) is -3.14. The predicted molar refractivity (Wildman–Crippen MR) is 129 cm³/mol. The Bertz CT molecular complexity index is 886. The molecule has 1 aromatic rings. The number of carbonyl (C=O) groups is 4. The van der Waals surface area contributed by atoms with E-state index in [-0.39, 0.29) is 48.3 Å². The third-order valence-corrected chi connectivity index (χ3v) is 4.62. The van der Waals surface area contributed by atoms with E-state index in [9.17, 15) is 29.4 Å². The molecule has 0 aliphatic heterocycles. The fraction of sp³-hybridized carbons (Fsp3) is 0.462. The quantitative estimate of drug-likeness (QED) is 0.219. The molecule has 1 aromatic carbocycles. The highest BCUT2D eigenvalue weighted by atomic mass is 16.6. The Balaban J connectivity index is 2.91. The third kappa shape index (κ3) is 10.8. The Kier molecular flexibility index (Phi) is 12.5.